The molecular weight excluding hydrogens is 398 g/mol. The van der Waals surface area contributed by atoms with Crippen LogP contribution in [-0.4, -0.2) is 29.1 Å². The van der Waals surface area contributed by atoms with Crippen LogP contribution in [0.15, 0.2) is 40.9 Å². The summed E-state index contributed by atoms with van der Waals surface area (Å²) in [5, 5.41) is 6.19. The van der Waals surface area contributed by atoms with Crippen molar-refractivity contribution in [3.63, 3.8) is 0 Å². The van der Waals surface area contributed by atoms with E-state index in [-0.39, 0.29) is 12.1 Å². The average molecular weight is 416 g/mol. The highest BCUT2D eigenvalue weighted by Crippen LogP contribution is 2.21. The van der Waals surface area contributed by atoms with Crippen LogP contribution < -0.4 is 15.8 Å². The molecule has 0 bridgehead atoms. The molecule has 1 aromatic heterocycles. The van der Waals surface area contributed by atoms with E-state index in [1.165, 1.54) is 0 Å². The van der Waals surface area contributed by atoms with Gasteiger partial charge in [-0.1, -0.05) is 5.16 Å². The lowest BCUT2D eigenvalue weighted by atomic mass is 10.1. The number of aryl methyl sites for hydroxylation is 1. The zero-order valence-electron chi connectivity index (χ0n) is 15.9. The molecule has 0 atom stereocenters. The summed E-state index contributed by atoms with van der Waals surface area (Å²) in [4.78, 5) is 27.5. The third kappa shape index (κ3) is 4.96. The molecule has 30 heavy (non-hydrogen) atoms. The molecule has 3 N–H and O–H groups in total. The highest BCUT2D eigenvalue weighted by Gasteiger charge is 2.16. The van der Waals surface area contributed by atoms with E-state index >= 15 is 0 Å². The van der Waals surface area contributed by atoms with E-state index in [4.69, 9.17) is 15.0 Å². The van der Waals surface area contributed by atoms with E-state index in [1.54, 1.807) is 31.4 Å². The maximum atomic E-state index is 13.8. The summed E-state index contributed by atoms with van der Waals surface area (Å²) in [6, 6.07) is 8.48. The Kier molecular flexibility index (Phi) is 6.35. The molecule has 0 saturated heterocycles. The number of benzene rings is 2. The van der Waals surface area contributed by atoms with Crippen molar-refractivity contribution in [1.29, 1.82) is 0 Å². The van der Waals surface area contributed by atoms with Crippen molar-refractivity contribution in [2.45, 2.75) is 19.3 Å². The number of primary amides is 1. The van der Waals surface area contributed by atoms with Gasteiger partial charge < -0.3 is 20.3 Å². The van der Waals surface area contributed by atoms with Gasteiger partial charge in [0, 0.05) is 24.5 Å². The summed E-state index contributed by atoms with van der Waals surface area (Å²) < 4.78 is 37.6. The molecule has 0 unspecified atom stereocenters. The lowest BCUT2D eigenvalue weighted by molar-refractivity contribution is -0.116. The molecule has 0 aliphatic carbocycles. The fraction of sp³-hybridized carbons (Fsp3) is 0.200. The van der Waals surface area contributed by atoms with Gasteiger partial charge in [-0.2, -0.15) is 4.98 Å². The van der Waals surface area contributed by atoms with E-state index in [1.807, 2.05) is 0 Å². The molecule has 0 aliphatic heterocycles. The van der Waals surface area contributed by atoms with Crippen molar-refractivity contribution in [1.82, 2.24) is 10.1 Å². The van der Waals surface area contributed by atoms with Gasteiger partial charge >= 0.3 is 0 Å². The Bertz CT molecular complexity index is 1070. The Balaban J connectivity index is 1.54. The van der Waals surface area contributed by atoms with Crippen molar-refractivity contribution in [3.8, 4) is 17.1 Å². The predicted molar refractivity (Wildman–Crippen MR) is 103 cm³/mol. The van der Waals surface area contributed by atoms with Gasteiger partial charge in [0.1, 0.15) is 17.4 Å². The highest BCUT2D eigenvalue weighted by molar-refractivity contribution is 5.96. The van der Waals surface area contributed by atoms with Gasteiger partial charge in [0.25, 0.3) is 5.91 Å². The monoisotopic (exact) mass is 416 g/mol. The molecule has 2 aromatic carbocycles. The second-order valence-corrected chi connectivity index (χ2v) is 6.32. The van der Waals surface area contributed by atoms with Crippen LogP contribution in [0.1, 0.15) is 29.1 Å². The molecule has 0 radical (unpaired) electrons. The number of nitrogens with two attached hydrogens (primary N) is 1. The molecular formula is C20H18F2N4O4. The minimum absolute atomic E-state index is 0.0168. The summed E-state index contributed by atoms with van der Waals surface area (Å²) in [6.07, 6.45) is 0.694. The number of halogens is 2. The van der Waals surface area contributed by atoms with Crippen LogP contribution in [0.5, 0.6) is 5.75 Å². The van der Waals surface area contributed by atoms with Crippen LogP contribution >= 0.6 is 0 Å². The number of aromatic nitrogens is 2. The lowest BCUT2D eigenvalue weighted by Crippen LogP contribution is -2.17. The number of methoxy groups -OCH3 is 1. The fourth-order valence-electron chi connectivity index (χ4n) is 2.66. The number of hydrogen-bond donors (Lipinski definition) is 2. The van der Waals surface area contributed by atoms with Gasteiger partial charge in [0.2, 0.25) is 17.6 Å². The van der Waals surface area contributed by atoms with E-state index < -0.39 is 29.0 Å². The molecule has 2 amide bonds. The number of ether oxygens (including phenoxy) is 1. The number of hydrogen-bond acceptors (Lipinski definition) is 6. The van der Waals surface area contributed by atoms with E-state index in [9.17, 15) is 18.4 Å². The average Bonchev–Trinajstić information content (AvgIpc) is 3.18. The molecule has 0 fully saturated rings. The van der Waals surface area contributed by atoms with Gasteiger partial charge in [-0.05, 0) is 36.8 Å². The number of nitrogens with one attached hydrogen (secondary N) is 1. The zero-order chi connectivity index (χ0) is 21.7. The Morgan fingerprint density at radius 3 is 2.57 bits per heavy atom. The summed E-state index contributed by atoms with van der Waals surface area (Å²) in [7, 11) is 1.57. The predicted octanol–water partition coefficient (Wildman–Crippen LogP) is 3.08. The third-order valence-corrected chi connectivity index (χ3v) is 4.21. The van der Waals surface area contributed by atoms with Gasteiger partial charge in [0.15, 0.2) is 0 Å². The molecule has 10 heteroatoms. The van der Waals surface area contributed by atoms with Crippen molar-refractivity contribution in [3.05, 3.63) is 59.5 Å². The normalized spacial score (nSPS) is 10.6. The molecule has 0 spiro atoms. The Labute approximate surface area is 170 Å². The second-order valence-electron chi connectivity index (χ2n) is 6.32. The number of carbonyl (C=O) groups excluding carboxylic acids is 2. The molecule has 8 nitrogen and oxygen atoms in total. The van der Waals surface area contributed by atoms with Crippen molar-refractivity contribution < 1.29 is 27.6 Å². The molecule has 1 heterocycles. The second kappa shape index (κ2) is 9.12. The zero-order valence-corrected chi connectivity index (χ0v) is 15.9. The number of amides is 2. The summed E-state index contributed by atoms with van der Waals surface area (Å²) >= 11 is 0. The first kappa shape index (κ1) is 20.9. The van der Waals surface area contributed by atoms with Gasteiger partial charge in [-0.15, -0.1) is 0 Å². The van der Waals surface area contributed by atoms with E-state index in [0.717, 1.165) is 11.6 Å². The third-order valence-electron chi connectivity index (χ3n) is 4.21. The molecule has 0 aliphatic rings. The number of rotatable bonds is 8. The topological polar surface area (TPSA) is 120 Å². The number of anilines is 1. The van der Waals surface area contributed by atoms with Gasteiger partial charge in [-0.25, -0.2) is 8.78 Å². The molecule has 0 saturated carbocycles. The van der Waals surface area contributed by atoms with E-state index in [0.29, 0.717) is 36.4 Å². The lowest BCUT2D eigenvalue weighted by Gasteiger charge is -2.08. The molecule has 156 valence electrons. The maximum absolute atomic E-state index is 13.8. The number of carbonyl (C=O) groups is 2. The van der Waals surface area contributed by atoms with Crippen LogP contribution in [0.25, 0.3) is 11.4 Å². The SMILES string of the molecule is COc1ccc(-c2noc(CCCC(=O)Nc3cc(C(N)=O)c(F)cc3F)n2)cc1. The van der Waals surface area contributed by atoms with Crippen LogP contribution in [0, 0.1) is 11.6 Å². The molecule has 3 aromatic rings. The first-order chi connectivity index (χ1) is 14.4. The molecule has 3 rings (SSSR count). The van der Waals surface area contributed by atoms with Crippen LogP contribution in [0.4, 0.5) is 14.5 Å². The van der Waals surface area contributed by atoms with Crippen molar-refractivity contribution >= 4 is 17.5 Å². The van der Waals surface area contributed by atoms with Crippen LogP contribution in [-0.2, 0) is 11.2 Å². The summed E-state index contributed by atoms with van der Waals surface area (Å²) in [5.74, 6) is -2.23. The highest BCUT2D eigenvalue weighted by atomic mass is 19.1. The van der Waals surface area contributed by atoms with Crippen molar-refractivity contribution in [2.75, 3.05) is 12.4 Å². The van der Waals surface area contributed by atoms with Gasteiger partial charge in [-0.3, -0.25) is 9.59 Å². The minimum atomic E-state index is -1.10. The van der Waals surface area contributed by atoms with Crippen LogP contribution in [0.2, 0.25) is 0 Å². The first-order valence-electron chi connectivity index (χ1n) is 8.93. The minimum Gasteiger partial charge on any atom is -0.497 e. The number of nitrogens with zero attached hydrogens (tertiary/aromatic N) is 2. The summed E-state index contributed by atoms with van der Waals surface area (Å²) in [6.45, 7) is 0. The first-order valence-corrected chi connectivity index (χ1v) is 8.93. The Morgan fingerprint density at radius 1 is 1.17 bits per heavy atom. The maximum Gasteiger partial charge on any atom is 0.251 e. The summed E-state index contributed by atoms with van der Waals surface area (Å²) in [5.41, 5.74) is 4.94. The van der Waals surface area contributed by atoms with E-state index in [2.05, 4.69) is 15.5 Å². The standard InChI is InChI=1S/C20H18F2N4O4/c1-29-12-7-5-11(6-8-12)20-25-18(30-26-20)4-2-3-17(27)24-16-9-13(19(23)28)14(21)10-15(16)22/h5-10H,2-4H2,1H3,(H2,23,28)(H,24,27). The quantitative estimate of drug-likeness (QED) is 0.582. The smallest absolute Gasteiger partial charge is 0.251 e. The fourth-order valence-corrected chi connectivity index (χ4v) is 2.66. The van der Waals surface area contributed by atoms with Gasteiger partial charge in [0.05, 0.1) is 18.4 Å². The Morgan fingerprint density at radius 2 is 1.90 bits per heavy atom. The largest absolute Gasteiger partial charge is 0.497 e. The Hall–Kier alpha value is -3.82. The van der Waals surface area contributed by atoms with Crippen molar-refractivity contribution in [2.24, 2.45) is 5.73 Å². The van der Waals surface area contributed by atoms with Crippen LogP contribution in [0.3, 0.4) is 0 Å².